The van der Waals surface area contributed by atoms with Crippen LogP contribution in [0.3, 0.4) is 0 Å². The Bertz CT molecular complexity index is 538. The summed E-state index contributed by atoms with van der Waals surface area (Å²) in [5.74, 6) is -0.436. The summed E-state index contributed by atoms with van der Waals surface area (Å²) in [5, 5.41) is 1.10. The lowest BCUT2D eigenvalue weighted by Crippen LogP contribution is -2.11. The second-order valence-electron chi connectivity index (χ2n) is 3.95. The van der Waals surface area contributed by atoms with Gasteiger partial charge in [-0.05, 0) is 25.5 Å². The van der Waals surface area contributed by atoms with Gasteiger partial charge in [0, 0.05) is 53.8 Å². The molecule has 2 aromatic rings. The number of para-hydroxylation sites is 1. The first kappa shape index (κ1) is 19.7. The Morgan fingerprint density at radius 3 is 2.35 bits per heavy atom. The molecule has 20 heavy (non-hydrogen) atoms. The van der Waals surface area contributed by atoms with Crippen LogP contribution in [0.2, 0.25) is 0 Å². The quantitative estimate of drug-likeness (QED) is 0.434. The van der Waals surface area contributed by atoms with Crippen molar-refractivity contribution < 1.29 is 9.53 Å². The van der Waals surface area contributed by atoms with E-state index in [4.69, 9.17) is 4.74 Å². The van der Waals surface area contributed by atoms with Gasteiger partial charge in [-0.3, -0.25) is 4.79 Å². The molecule has 0 fully saturated rings. The summed E-state index contributed by atoms with van der Waals surface area (Å²) in [5.41, 5.74) is 3.12. The third-order valence-electron chi connectivity index (χ3n) is 2.93. The standard InChI is InChI=1S/C13H15NO2.C2H6.I2/c1-8(13(15)16-3)12-9(2)14-11-7-5-4-6-10(11)12;2*1-2/h4-8,14H,1-3H3;1-2H3;. The summed E-state index contributed by atoms with van der Waals surface area (Å²) in [6.07, 6.45) is 0. The average molecular weight is 501 g/mol. The molecular weight excluding hydrogens is 480 g/mol. The van der Waals surface area contributed by atoms with E-state index >= 15 is 0 Å². The highest BCUT2D eigenvalue weighted by Gasteiger charge is 2.21. The lowest BCUT2D eigenvalue weighted by atomic mass is 9.98. The van der Waals surface area contributed by atoms with Crippen LogP contribution in [-0.2, 0) is 9.53 Å². The summed E-state index contributed by atoms with van der Waals surface area (Å²) in [4.78, 5) is 14.8. The predicted octanol–water partition coefficient (Wildman–Crippen LogP) is 5.55. The monoisotopic (exact) mass is 501 g/mol. The normalized spacial score (nSPS) is 10.8. The molecule has 0 saturated heterocycles. The molecule has 3 nitrogen and oxygen atoms in total. The van der Waals surface area contributed by atoms with Gasteiger partial charge in [0.05, 0.1) is 13.0 Å². The minimum absolute atomic E-state index is 0.201. The number of carbonyl (C=O) groups excluding carboxylic acids is 1. The number of hydrogen-bond donors (Lipinski definition) is 1. The number of esters is 1. The Kier molecular flexibility index (Phi) is 10.3. The zero-order valence-corrected chi connectivity index (χ0v) is 16.8. The minimum Gasteiger partial charge on any atom is -0.469 e. The van der Waals surface area contributed by atoms with Crippen LogP contribution in [0, 0.1) is 6.92 Å². The van der Waals surface area contributed by atoms with Gasteiger partial charge in [-0.25, -0.2) is 0 Å². The van der Waals surface area contributed by atoms with Gasteiger partial charge >= 0.3 is 5.97 Å². The number of aromatic amines is 1. The van der Waals surface area contributed by atoms with Crippen LogP contribution in [0.25, 0.3) is 10.9 Å². The largest absolute Gasteiger partial charge is 0.469 e. The Labute approximate surface area is 144 Å². The molecule has 1 atom stereocenters. The maximum absolute atomic E-state index is 11.6. The molecule has 0 aliphatic carbocycles. The topological polar surface area (TPSA) is 42.1 Å². The first-order valence-corrected chi connectivity index (χ1v) is 12.7. The van der Waals surface area contributed by atoms with E-state index in [9.17, 15) is 4.79 Å². The number of nitrogens with one attached hydrogen (secondary N) is 1. The van der Waals surface area contributed by atoms with Gasteiger partial charge in [-0.15, -0.1) is 0 Å². The van der Waals surface area contributed by atoms with E-state index in [0.29, 0.717) is 0 Å². The summed E-state index contributed by atoms with van der Waals surface area (Å²) in [6, 6.07) is 7.98. The van der Waals surface area contributed by atoms with Gasteiger partial charge in [0.15, 0.2) is 0 Å². The summed E-state index contributed by atoms with van der Waals surface area (Å²) < 4.78 is 4.79. The fourth-order valence-corrected chi connectivity index (χ4v) is 2.15. The molecule has 112 valence electrons. The molecule has 1 aromatic heterocycles. The number of hydrogen-bond acceptors (Lipinski definition) is 2. The van der Waals surface area contributed by atoms with E-state index in [1.165, 1.54) is 7.11 Å². The smallest absolute Gasteiger partial charge is 0.312 e. The van der Waals surface area contributed by atoms with Crippen molar-refractivity contribution in [2.75, 3.05) is 7.11 Å². The Hall–Kier alpha value is -0.310. The van der Waals surface area contributed by atoms with Crippen LogP contribution in [0.4, 0.5) is 0 Å². The van der Waals surface area contributed by atoms with Crippen molar-refractivity contribution >= 4 is 54.1 Å². The second kappa shape index (κ2) is 10.4. The molecule has 0 bridgehead atoms. The van der Waals surface area contributed by atoms with E-state index in [-0.39, 0.29) is 11.9 Å². The zero-order chi connectivity index (χ0) is 15.7. The number of carbonyl (C=O) groups is 1. The molecule has 1 aromatic carbocycles. The van der Waals surface area contributed by atoms with Crippen molar-refractivity contribution in [2.24, 2.45) is 0 Å². The molecule has 0 saturated carbocycles. The number of H-pyrrole nitrogens is 1. The number of ether oxygens (including phenoxy) is 1. The summed E-state index contributed by atoms with van der Waals surface area (Å²) in [6.45, 7) is 7.85. The molecule has 1 heterocycles. The lowest BCUT2D eigenvalue weighted by molar-refractivity contribution is -0.141. The average Bonchev–Trinajstić information content (AvgIpc) is 2.85. The first-order chi connectivity index (χ1) is 9.65. The van der Waals surface area contributed by atoms with E-state index in [1.54, 1.807) is 0 Å². The SMILES string of the molecule is CC.COC(=O)C(C)c1c(C)[nH]c2ccccc12.II. The molecule has 1 unspecified atom stereocenters. The second-order valence-corrected chi connectivity index (χ2v) is 3.95. The third kappa shape index (κ3) is 4.61. The number of benzene rings is 1. The molecule has 5 heteroatoms. The number of rotatable bonds is 2. The van der Waals surface area contributed by atoms with Crippen molar-refractivity contribution in [3.8, 4) is 0 Å². The van der Waals surface area contributed by atoms with Gasteiger partial charge < -0.3 is 9.72 Å². The van der Waals surface area contributed by atoms with Crippen LogP contribution in [0.1, 0.15) is 37.9 Å². The Morgan fingerprint density at radius 1 is 1.25 bits per heavy atom. The predicted molar refractivity (Wildman–Crippen MR) is 103 cm³/mol. The molecule has 0 amide bonds. The van der Waals surface area contributed by atoms with Crippen LogP contribution in [-0.4, -0.2) is 18.1 Å². The van der Waals surface area contributed by atoms with E-state index in [0.717, 1.165) is 22.2 Å². The molecule has 0 aliphatic rings. The van der Waals surface area contributed by atoms with Gasteiger partial charge in [0.1, 0.15) is 0 Å². The summed E-state index contributed by atoms with van der Waals surface area (Å²) >= 11 is 4.24. The van der Waals surface area contributed by atoms with Gasteiger partial charge in [0.25, 0.3) is 0 Å². The van der Waals surface area contributed by atoms with Gasteiger partial charge in [-0.1, -0.05) is 32.0 Å². The maximum atomic E-state index is 11.6. The fourth-order valence-electron chi connectivity index (χ4n) is 2.15. The maximum Gasteiger partial charge on any atom is 0.312 e. The van der Waals surface area contributed by atoms with E-state index in [1.807, 2.05) is 52.0 Å². The highest BCUT2D eigenvalue weighted by molar-refractivity contribution is 15.0. The summed E-state index contributed by atoms with van der Waals surface area (Å²) in [7, 11) is 1.42. The Balaban J connectivity index is 0.000000829. The third-order valence-corrected chi connectivity index (χ3v) is 2.93. The first-order valence-electron chi connectivity index (χ1n) is 6.44. The molecule has 0 aliphatic heterocycles. The molecule has 2 rings (SSSR count). The van der Waals surface area contributed by atoms with Crippen molar-refractivity contribution in [3.05, 3.63) is 35.5 Å². The van der Waals surface area contributed by atoms with Gasteiger partial charge in [-0.2, -0.15) is 0 Å². The van der Waals surface area contributed by atoms with Crippen LogP contribution >= 0.6 is 37.2 Å². The van der Waals surface area contributed by atoms with Crippen LogP contribution in [0.15, 0.2) is 24.3 Å². The fraction of sp³-hybridized carbons (Fsp3) is 0.400. The van der Waals surface area contributed by atoms with E-state index in [2.05, 4.69) is 42.2 Å². The number of aromatic nitrogens is 1. The number of halogens is 2. The zero-order valence-electron chi connectivity index (χ0n) is 12.5. The van der Waals surface area contributed by atoms with Crippen LogP contribution < -0.4 is 0 Å². The minimum atomic E-state index is -0.235. The number of aryl methyl sites for hydroxylation is 1. The number of methoxy groups -OCH3 is 1. The highest BCUT2D eigenvalue weighted by Crippen LogP contribution is 2.29. The van der Waals surface area contributed by atoms with Gasteiger partial charge in [0.2, 0.25) is 0 Å². The molecule has 1 N–H and O–H groups in total. The molecule has 0 radical (unpaired) electrons. The van der Waals surface area contributed by atoms with Crippen molar-refractivity contribution in [3.63, 3.8) is 0 Å². The molecular formula is C15H21I2NO2. The highest BCUT2D eigenvalue weighted by atomic mass is 128. The Morgan fingerprint density at radius 2 is 1.80 bits per heavy atom. The number of fused-ring (bicyclic) bond motifs is 1. The van der Waals surface area contributed by atoms with Crippen molar-refractivity contribution in [1.29, 1.82) is 0 Å². The lowest BCUT2D eigenvalue weighted by Gasteiger charge is -2.09. The van der Waals surface area contributed by atoms with E-state index < -0.39 is 0 Å². The van der Waals surface area contributed by atoms with Crippen molar-refractivity contribution in [2.45, 2.75) is 33.6 Å². The van der Waals surface area contributed by atoms with Crippen LogP contribution in [0.5, 0.6) is 0 Å². The van der Waals surface area contributed by atoms with Crippen molar-refractivity contribution in [1.82, 2.24) is 4.98 Å². The molecule has 0 spiro atoms.